The molecule has 0 aliphatic carbocycles. The van der Waals surface area contributed by atoms with Crippen LogP contribution in [0.2, 0.25) is 0 Å². The van der Waals surface area contributed by atoms with E-state index in [0.29, 0.717) is 6.04 Å². The van der Waals surface area contributed by atoms with Gasteiger partial charge in [-0.05, 0) is 38.6 Å². The van der Waals surface area contributed by atoms with Crippen LogP contribution in [0, 0.1) is 0 Å². The van der Waals surface area contributed by atoms with Crippen molar-refractivity contribution in [1.29, 1.82) is 0 Å². The molecule has 0 saturated heterocycles. The Labute approximate surface area is 96.3 Å². The van der Waals surface area contributed by atoms with Crippen molar-refractivity contribution in [2.75, 3.05) is 0 Å². The molecule has 86 valence electrons. The maximum Gasteiger partial charge on any atom is 0.0741 e. The molecule has 0 amide bonds. The van der Waals surface area contributed by atoms with Crippen molar-refractivity contribution >= 4 is 11.3 Å². The highest BCUT2D eigenvalue weighted by molar-refractivity contribution is 7.10. The summed E-state index contributed by atoms with van der Waals surface area (Å²) >= 11 is 1.76. The first-order chi connectivity index (χ1) is 6.95. The fourth-order valence-corrected chi connectivity index (χ4v) is 2.27. The SMILES string of the molecule is CCC(NC(C)C(C)(C)O)c1cccs1. The third-order valence-corrected chi connectivity index (χ3v) is 3.79. The summed E-state index contributed by atoms with van der Waals surface area (Å²) in [5.74, 6) is 0. The molecule has 3 heteroatoms. The summed E-state index contributed by atoms with van der Waals surface area (Å²) in [6.07, 6.45) is 1.04. The highest BCUT2D eigenvalue weighted by atomic mass is 32.1. The minimum atomic E-state index is -0.676. The average molecular weight is 227 g/mol. The quantitative estimate of drug-likeness (QED) is 0.810. The number of nitrogens with one attached hydrogen (secondary N) is 1. The zero-order valence-electron chi connectivity index (χ0n) is 9.95. The molecule has 0 aliphatic rings. The van der Waals surface area contributed by atoms with E-state index in [1.54, 1.807) is 11.3 Å². The van der Waals surface area contributed by atoms with E-state index in [0.717, 1.165) is 6.42 Å². The fourth-order valence-electron chi connectivity index (χ4n) is 1.40. The third kappa shape index (κ3) is 3.59. The van der Waals surface area contributed by atoms with Gasteiger partial charge in [-0.15, -0.1) is 11.3 Å². The standard InChI is InChI=1S/C12H21NOS/c1-5-10(11-7-6-8-15-11)13-9(2)12(3,4)14/h6-10,13-14H,5H2,1-4H3. The molecule has 0 spiro atoms. The van der Waals surface area contributed by atoms with Crippen LogP contribution in [-0.2, 0) is 0 Å². The summed E-state index contributed by atoms with van der Waals surface area (Å²) < 4.78 is 0. The lowest BCUT2D eigenvalue weighted by molar-refractivity contribution is 0.0396. The Morgan fingerprint density at radius 2 is 2.20 bits per heavy atom. The molecule has 2 nitrogen and oxygen atoms in total. The van der Waals surface area contributed by atoms with Crippen LogP contribution in [0.25, 0.3) is 0 Å². The van der Waals surface area contributed by atoms with Gasteiger partial charge in [-0.25, -0.2) is 0 Å². The van der Waals surface area contributed by atoms with Gasteiger partial charge in [0.1, 0.15) is 0 Å². The smallest absolute Gasteiger partial charge is 0.0741 e. The van der Waals surface area contributed by atoms with E-state index in [4.69, 9.17) is 0 Å². The van der Waals surface area contributed by atoms with Crippen molar-refractivity contribution < 1.29 is 5.11 Å². The molecule has 0 aliphatic heterocycles. The average Bonchev–Trinajstić information content (AvgIpc) is 2.64. The normalized spacial score (nSPS) is 16.3. The van der Waals surface area contributed by atoms with Crippen LogP contribution in [0.1, 0.15) is 45.0 Å². The Morgan fingerprint density at radius 3 is 2.60 bits per heavy atom. The molecule has 0 saturated carbocycles. The number of rotatable bonds is 5. The largest absolute Gasteiger partial charge is 0.389 e. The summed E-state index contributed by atoms with van der Waals surface area (Å²) in [6, 6.07) is 4.65. The van der Waals surface area contributed by atoms with E-state index in [1.807, 2.05) is 20.8 Å². The summed E-state index contributed by atoms with van der Waals surface area (Å²) in [4.78, 5) is 1.34. The Kier molecular flexibility index (Phi) is 4.32. The molecule has 1 aromatic rings. The van der Waals surface area contributed by atoms with Crippen LogP contribution in [0.4, 0.5) is 0 Å². The molecular weight excluding hydrogens is 206 g/mol. The van der Waals surface area contributed by atoms with Gasteiger partial charge in [0.2, 0.25) is 0 Å². The van der Waals surface area contributed by atoms with Gasteiger partial charge in [0.05, 0.1) is 5.60 Å². The first-order valence-corrected chi connectivity index (χ1v) is 6.35. The molecule has 0 aromatic carbocycles. The van der Waals surface area contributed by atoms with Gasteiger partial charge >= 0.3 is 0 Å². The summed E-state index contributed by atoms with van der Waals surface area (Å²) in [5.41, 5.74) is -0.676. The minimum absolute atomic E-state index is 0.0875. The van der Waals surface area contributed by atoms with E-state index in [9.17, 15) is 5.11 Å². The third-order valence-electron chi connectivity index (χ3n) is 2.81. The van der Waals surface area contributed by atoms with Crippen LogP contribution >= 0.6 is 11.3 Å². The molecule has 15 heavy (non-hydrogen) atoms. The van der Waals surface area contributed by atoms with E-state index < -0.39 is 5.60 Å². The summed E-state index contributed by atoms with van der Waals surface area (Å²) in [5, 5.41) is 15.4. The maximum atomic E-state index is 9.87. The number of hydrogen-bond acceptors (Lipinski definition) is 3. The van der Waals surface area contributed by atoms with Crippen LogP contribution in [0.15, 0.2) is 17.5 Å². The molecule has 1 aromatic heterocycles. The number of aliphatic hydroxyl groups is 1. The predicted molar refractivity (Wildman–Crippen MR) is 66.2 cm³/mol. The van der Waals surface area contributed by atoms with Crippen LogP contribution < -0.4 is 5.32 Å². The predicted octanol–water partition coefficient (Wildman–Crippen LogP) is 2.95. The Morgan fingerprint density at radius 1 is 1.53 bits per heavy atom. The summed E-state index contributed by atoms with van der Waals surface area (Å²) in [7, 11) is 0. The van der Waals surface area contributed by atoms with Crippen molar-refractivity contribution in [1.82, 2.24) is 5.32 Å². The van der Waals surface area contributed by atoms with E-state index >= 15 is 0 Å². The monoisotopic (exact) mass is 227 g/mol. The van der Waals surface area contributed by atoms with Crippen LogP contribution in [-0.4, -0.2) is 16.7 Å². The number of thiophene rings is 1. The van der Waals surface area contributed by atoms with Gasteiger partial charge in [-0.1, -0.05) is 13.0 Å². The number of hydrogen-bond donors (Lipinski definition) is 2. The highest BCUT2D eigenvalue weighted by Crippen LogP contribution is 2.23. The van der Waals surface area contributed by atoms with Gasteiger partial charge in [0, 0.05) is 17.0 Å². The molecule has 0 bridgehead atoms. The first kappa shape index (κ1) is 12.7. The Bertz CT molecular complexity index is 276. The molecule has 0 fully saturated rings. The van der Waals surface area contributed by atoms with E-state index in [1.165, 1.54) is 4.88 Å². The molecule has 2 atom stereocenters. The fraction of sp³-hybridized carbons (Fsp3) is 0.667. The molecule has 0 radical (unpaired) electrons. The summed E-state index contributed by atoms with van der Waals surface area (Å²) in [6.45, 7) is 7.86. The van der Waals surface area contributed by atoms with Gasteiger partial charge < -0.3 is 10.4 Å². The van der Waals surface area contributed by atoms with Crippen LogP contribution in [0.5, 0.6) is 0 Å². The van der Waals surface area contributed by atoms with Crippen molar-refractivity contribution in [2.45, 2.75) is 51.8 Å². The second kappa shape index (κ2) is 5.10. The highest BCUT2D eigenvalue weighted by Gasteiger charge is 2.24. The Balaban J connectivity index is 2.63. The topological polar surface area (TPSA) is 32.3 Å². The van der Waals surface area contributed by atoms with Gasteiger partial charge in [0.25, 0.3) is 0 Å². The van der Waals surface area contributed by atoms with Gasteiger partial charge in [-0.3, -0.25) is 0 Å². The van der Waals surface area contributed by atoms with Crippen molar-refractivity contribution in [2.24, 2.45) is 0 Å². The molecule has 1 rings (SSSR count). The zero-order chi connectivity index (χ0) is 11.5. The van der Waals surface area contributed by atoms with E-state index in [2.05, 4.69) is 29.8 Å². The lowest BCUT2D eigenvalue weighted by Gasteiger charge is -2.30. The molecule has 1 heterocycles. The first-order valence-electron chi connectivity index (χ1n) is 5.47. The molecule has 2 N–H and O–H groups in total. The molecule has 2 unspecified atom stereocenters. The lowest BCUT2D eigenvalue weighted by Crippen LogP contribution is -2.45. The van der Waals surface area contributed by atoms with Crippen molar-refractivity contribution in [3.8, 4) is 0 Å². The van der Waals surface area contributed by atoms with Crippen LogP contribution in [0.3, 0.4) is 0 Å². The second-order valence-electron chi connectivity index (χ2n) is 4.52. The van der Waals surface area contributed by atoms with Crippen molar-refractivity contribution in [3.63, 3.8) is 0 Å². The van der Waals surface area contributed by atoms with E-state index in [-0.39, 0.29) is 6.04 Å². The lowest BCUT2D eigenvalue weighted by atomic mass is 9.99. The van der Waals surface area contributed by atoms with Gasteiger partial charge in [0.15, 0.2) is 0 Å². The van der Waals surface area contributed by atoms with Crippen molar-refractivity contribution in [3.05, 3.63) is 22.4 Å². The zero-order valence-corrected chi connectivity index (χ0v) is 10.8. The van der Waals surface area contributed by atoms with Gasteiger partial charge in [-0.2, -0.15) is 0 Å². The second-order valence-corrected chi connectivity index (χ2v) is 5.50. The Hall–Kier alpha value is -0.380. The maximum absolute atomic E-state index is 9.87. The minimum Gasteiger partial charge on any atom is -0.389 e. The molecular formula is C12H21NOS.